The summed E-state index contributed by atoms with van der Waals surface area (Å²) in [5.41, 5.74) is 4.18. The molecule has 1 aromatic carbocycles. The first-order chi connectivity index (χ1) is 9.67. The maximum absolute atomic E-state index is 5.48. The highest BCUT2D eigenvalue weighted by Gasteiger charge is 2.32. The van der Waals surface area contributed by atoms with E-state index in [4.69, 9.17) is 4.74 Å². The molecule has 3 heteroatoms. The van der Waals surface area contributed by atoms with Crippen molar-refractivity contribution >= 4 is 16.5 Å². The van der Waals surface area contributed by atoms with Crippen LogP contribution >= 0.6 is 0 Å². The van der Waals surface area contributed by atoms with Crippen LogP contribution in [0, 0.1) is 5.92 Å². The Balaban J connectivity index is 2.01. The van der Waals surface area contributed by atoms with Crippen LogP contribution in [-0.2, 0) is 6.54 Å². The lowest BCUT2D eigenvalue weighted by Crippen LogP contribution is -2.43. The van der Waals surface area contributed by atoms with Crippen LogP contribution in [0.4, 0.5) is 0 Å². The minimum atomic E-state index is 0.487. The van der Waals surface area contributed by atoms with Gasteiger partial charge >= 0.3 is 0 Å². The van der Waals surface area contributed by atoms with E-state index in [1.807, 2.05) is 0 Å². The van der Waals surface area contributed by atoms with Gasteiger partial charge in [0.1, 0.15) is 5.75 Å². The molecule has 0 aliphatic carbocycles. The molecule has 3 nitrogen and oxygen atoms in total. The number of hydrogen-bond acceptors (Lipinski definition) is 2. The average Bonchev–Trinajstić information content (AvgIpc) is 2.84. The fourth-order valence-electron chi connectivity index (χ4n) is 3.79. The first-order valence-electron chi connectivity index (χ1n) is 7.26. The molecule has 0 N–H and O–H groups in total. The molecule has 104 valence electrons. The maximum atomic E-state index is 5.48. The van der Waals surface area contributed by atoms with Crippen molar-refractivity contribution in [2.75, 3.05) is 20.7 Å². The summed E-state index contributed by atoms with van der Waals surface area (Å²) in [5.74, 6) is 1.56. The van der Waals surface area contributed by atoms with Gasteiger partial charge in [-0.25, -0.2) is 0 Å². The molecule has 0 saturated heterocycles. The molecule has 1 aromatic heterocycles. The van der Waals surface area contributed by atoms with Gasteiger partial charge in [-0.05, 0) is 36.7 Å². The third-order valence-electron chi connectivity index (χ3n) is 4.68. The first kappa shape index (κ1) is 12.0. The van der Waals surface area contributed by atoms with Gasteiger partial charge in [0.25, 0.3) is 0 Å². The predicted molar refractivity (Wildman–Crippen MR) is 82.0 cm³/mol. The van der Waals surface area contributed by atoms with E-state index in [2.05, 4.69) is 53.9 Å². The zero-order chi connectivity index (χ0) is 13.9. The van der Waals surface area contributed by atoms with Crippen LogP contribution in [0.3, 0.4) is 0 Å². The van der Waals surface area contributed by atoms with Gasteiger partial charge in [0.2, 0.25) is 0 Å². The number of ether oxygens (including phenoxy) is 1. The Hall–Kier alpha value is -1.74. The average molecular weight is 268 g/mol. The summed E-state index contributed by atoms with van der Waals surface area (Å²) in [4.78, 5) is 2.48. The highest BCUT2D eigenvalue weighted by atomic mass is 16.5. The van der Waals surface area contributed by atoms with Crippen LogP contribution < -0.4 is 4.74 Å². The third-order valence-corrected chi connectivity index (χ3v) is 4.68. The second-order valence-electron chi connectivity index (χ2n) is 6.14. The molecule has 20 heavy (non-hydrogen) atoms. The lowest BCUT2D eigenvalue weighted by atomic mass is 9.86. The van der Waals surface area contributed by atoms with E-state index in [0.717, 1.165) is 18.8 Å². The smallest absolute Gasteiger partial charge is 0.120 e. The SMILES string of the molecule is COc1cc2c3c(ccn3C[C@@H]3C2=C[C@@H](C)CN3C)c1. The summed E-state index contributed by atoms with van der Waals surface area (Å²) in [6, 6.07) is 7.01. The molecule has 2 atom stereocenters. The number of fused-ring (bicyclic) bond motifs is 2. The van der Waals surface area contributed by atoms with Crippen molar-refractivity contribution in [2.45, 2.75) is 19.5 Å². The van der Waals surface area contributed by atoms with E-state index >= 15 is 0 Å². The standard InChI is InChI=1S/C17H20N2O/c1-11-6-14-15-8-13(20-3)7-12-4-5-19(17(12)15)10-16(14)18(2)9-11/h4-8,11,16H,9-10H2,1-3H3/t11-,16-/m1/s1. The zero-order valence-electron chi connectivity index (χ0n) is 12.3. The maximum Gasteiger partial charge on any atom is 0.120 e. The fraction of sp³-hybridized carbons (Fsp3) is 0.412. The number of methoxy groups -OCH3 is 1. The van der Waals surface area contributed by atoms with E-state index in [1.165, 1.54) is 22.0 Å². The quantitative estimate of drug-likeness (QED) is 0.791. The molecule has 0 spiro atoms. The van der Waals surface area contributed by atoms with Crippen LogP contribution in [0.1, 0.15) is 12.5 Å². The number of nitrogens with zero attached hydrogens (tertiary/aromatic N) is 2. The predicted octanol–water partition coefficient (Wildman–Crippen LogP) is 3.00. The molecule has 2 aliphatic heterocycles. The van der Waals surface area contributed by atoms with Gasteiger partial charge in [-0.15, -0.1) is 0 Å². The number of rotatable bonds is 1. The van der Waals surface area contributed by atoms with Gasteiger partial charge < -0.3 is 9.30 Å². The Morgan fingerprint density at radius 2 is 2.10 bits per heavy atom. The van der Waals surface area contributed by atoms with Gasteiger partial charge in [0, 0.05) is 30.2 Å². The van der Waals surface area contributed by atoms with Gasteiger partial charge in [0.15, 0.2) is 0 Å². The van der Waals surface area contributed by atoms with Gasteiger partial charge in [-0.3, -0.25) is 4.90 Å². The van der Waals surface area contributed by atoms with Crippen molar-refractivity contribution < 1.29 is 4.74 Å². The minimum absolute atomic E-state index is 0.487. The van der Waals surface area contributed by atoms with E-state index in [9.17, 15) is 0 Å². The molecule has 4 rings (SSSR count). The van der Waals surface area contributed by atoms with Crippen molar-refractivity contribution in [2.24, 2.45) is 5.92 Å². The van der Waals surface area contributed by atoms with Crippen LogP contribution in [0.25, 0.3) is 16.5 Å². The highest BCUT2D eigenvalue weighted by molar-refractivity contribution is 5.96. The Morgan fingerprint density at radius 3 is 2.90 bits per heavy atom. The number of aromatic nitrogens is 1. The zero-order valence-corrected chi connectivity index (χ0v) is 12.3. The van der Waals surface area contributed by atoms with E-state index < -0.39 is 0 Å². The Morgan fingerprint density at radius 1 is 1.25 bits per heavy atom. The van der Waals surface area contributed by atoms with Crippen LogP contribution in [0.15, 0.2) is 30.5 Å². The number of likely N-dealkylation sites (N-methyl/N-ethyl adjacent to an activating group) is 1. The molecule has 0 saturated carbocycles. The highest BCUT2D eigenvalue weighted by Crippen LogP contribution is 2.40. The molecule has 2 aliphatic rings. The molecule has 0 radical (unpaired) electrons. The van der Waals surface area contributed by atoms with E-state index in [-0.39, 0.29) is 0 Å². The Kier molecular flexibility index (Phi) is 2.48. The van der Waals surface area contributed by atoms with Gasteiger partial charge in [0.05, 0.1) is 18.7 Å². The van der Waals surface area contributed by atoms with E-state index in [0.29, 0.717) is 12.0 Å². The molecule has 0 unspecified atom stereocenters. The van der Waals surface area contributed by atoms with Crippen molar-refractivity contribution in [1.29, 1.82) is 0 Å². The van der Waals surface area contributed by atoms with Gasteiger partial charge in [-0.2, -0.15) is 0 Å². The second kappa shape index (κ2) is 4.13. The van der Waals surface area contributed by atoms with Gasteiger partial charge in [-0.1, -0.05) is 13.0 Å². The first-order valence-corrected chi connectivity index (χ1v) is 7.26. The molecule has 0 fully saturated rings. The summed E-state index contributed by atoms with van der Waals surface area (Å²) in [6.07, 6.45) is 4.66. The number of hydrogen-bond donors (Lipinski definition) is 0. The normalized spacial score (nSPS) is 25.4. The largest absolute Gasteiger partial charge is 0.497 e. The van der Waals surface area contributed by atoms with E-state index in [1.54, 1.807) is 7.11 Å². The minimum Gasteiger partial charge on any atom is -0.497 e. The van der Waals surface area contributed by atoms with Crippen molar-refractivity contribution in [3.8, 4) is 5.75 Å². The molecule has 0 amide bonds. The topological polar surface area (TPSA) is 17.4 Å². The van der Waals surface area contributed by atoms with Crippen molar-refractivity contribution in [3.63, 3.8) is 0 Å². The fourth-order valence-corrected chi connectivity index (χ4v) is 3.79. The van der Waals surface area contributed by atoms with Crippen LogP contribution in [0.5, 0.6) is 5.75 Å². The molecule has 0 bridgehead atoms. The third kappa shape index (κ3) is 1.56. The summed E-state index contributed by atoms with van der Waals surface area (Å²) >= 11 is 0. The van der Waals surface area contributed by atoms with Crippen LogP contribution in [-0.4, -0.2) is 36.2 Å². The Labute approximate surface area is 119 Å². The molecule has 2 aromatic rings. The van der Waals surface area contributed by atoms with Crippen molar-refractivity contribution in [3.05, 3.63) is 36.0 Å². The monoisotopic (exact) mass is 268 g/mol. The summed E-state index contributed by atoms with van der Waals surface area (Å²) < 4.78 is 7.87. The summed E-state index contributed by atoms with van der Waals surface area (Å²) in [5, 5.41) is 1.28. The summed E-state index contributed by atoms with van der Waals surface area (Å²) in [7, 11) is 3.98. The lowest BCUT2D eigenvalue weighted by Gasteiger charge is -2.39. The number of benzene rings is 1. The second-order valence-corrected chi connectivity index (χ2v) is 6.14. The molecular formula is C17H20N2O. The molecular weight excluding hydrogens is 248 g/mol. The Bertz CT molecular complexity index is 713. The summed E-state index contributed by atoms with van der Waals surface area (Å²) in [6.45, 7) is 4.49. The lowest BCUT2D eigenvalue weighted by molar-refractivity contribution is 0.234. The van der Waals surface area contributed by atoms with Crippen molar-refractivity contribution in [1.82, 2.24) is 9.47 Å². The van der Waals surface area contributed by atoms with Crippen LogP contribution in [0.2, 0.25) is 0 Å². The molecule has 3 heterocycles.